The largest absolute Gasteiger partial charge is 0.434 e. The van der Waals surface area contributed by atoms with Crippen LogP contribution in [-0.4, -0.2) is 35.3 Å². The Kier molecular flexibility index (Phi) is 4.46. The summed E-state index contributed by atoms with van der Waals surface area (Å²) in [6.45, 7) is -2.97. The summed E-state index contributed by atoms with van der Waals surface area (Å²) < 4.78 is 29.2. The van der Waals surface area contributed by atoms with Gasteiger partial charge in [-0.25, -0.2) is 4.79 Å². The number of hydrogen-bond acceptors (Lipinski definition) is 4. The van der Waals surface area contributed by atoms with Gasteiger partial charge in [-0.05, 0) is 25.0 Å². The van der Waals surface area contributed by atoms with E-state index in [1.165, 1.54) is 18.3 Å². The van der Waals surface area contributed by atoms with Gasteiger partial charge in [-0.1, -0.05) is 31.4 Å². The quantitative estimate of drug-likeness (QED) is 0.678. The van der Waals surface area contributed by atoms with Crippen molar-refractivity contribution in [1.29, 1.82) is 0 Å². The number of nitrogens with zero attached hydrogens (tertiary/aromatic N) is 2. The van der Waals surface area contributed by atoms with Crippen LogP contribution in [0.25, 0.3) is 0 Å². The zero-order valence-electron chi connectivity index (χ0n) is 12.9. The van der Waals surface area contributed by atoms with Crippen molar-refractivity contribution in [2.24, 2.45) is 5.10 Å². The average Bonchev–Trinajstić information content (AvgIpc) is 2.77. The van der Waals surface area contributed by atoms with Crippen molar-refractivity contribution in [3.63, 3.8) is 0 Å². The molecule has 128 valence electrons. The molecule has 1 saturated carbocycles. The van der Waals surface area contributed by atoms with Gasteiger partial charge in [0.2, 0.25) is 0 Å². The molecule has 1 aliphatic carbocycles. The number of rotatable bonds is 4. The highest BCUT2D eigenvalue weighted by molar-refractivity contribution is 6.07. The second-order valence-corrected chi connectivity index (χ2v) is 5.85. The van der Waals surface area contributed by atoms with Crippen molar-refractivity contribution >= 4 is 18.2 Å². The fourth-order valence-corrected chi connectivity index (χ4v) is 3.12. The Labute approximate surface area is 137 Å². The van der Waals surface area contributed by atoms with Crippen LogP contribution < -0.4 is 10.1 Å². The smallest absolute Gasteiger partial charge is 0.387 e. The predicted molar refractivity (Wildman–Crippen MR) is 81.9 cm³/mol. The molecule has 1 aliphatic heterocycles. The fraction of sp³-hybridized carbons (Fsp3) is 0.438. The van der Waals surface area contributed by atoms with E-state index in [2.05, 4.69) is 15.2 Å². The zero-order valence-corrected chi connectivity index (χ0v) is 12.9. The first-order valence-corrected chi connectivity index (χ1v) is 7.76. The van der Waals surface area contributed by atoms with Gasteiger partial charge >= 0.3 is 12.6 Å². The molecule has 3 rings (SSSR count). The van der Waals surface area contributed by atoms with Gasteiger partial charge < -0.3 is 10.1 Å². The topological polar surface area (TPSA) is 71.0 Å². The van der Waals surface area contributed by atoms with Crippen LogP contribution in [0.15, 0.2) is 29.4 Å². The number of para-hydroxylation sites is 1. The zero-order chi connectivity index (χ0) is 17.2. The van der Waals surface area contributed by atoms with E-state index in [0.717, 1.165) is 24.3 Å². The van der Waals surface area contributed by atoms with Crippen molar-refractivity contribution in [2.45, 2.75) is 44.3 Å². The molecule has 1 aromatic carbocycles. The summed E-state index contributed by atoms with van der Waals surface area (Å²) in [6, 6.07) is 5.44. The van der Waals surface area contributed by atoms with Crippen LogP contribution in [0.4, 0.5) is 13.6 Å². The second kappa shape index (κ2) is 6.54. The predicted octanol–water partition coefficient (Wildman–Crippen LogP) is 2.88. The van der Waals surface area contributed by atoms with Crippen LogP contribution in [0.5, 0.6) is 5.75 Å². The van der Waals surface area contributed by atoms with Crippen LogP contribution in [0.1, 0.15) is 37.7 Å². The summed E-state index contributed by atoms with van der Waals surface area (Å²) in [4.78, 5) is 24.6. The lowest BCUT2D eigenvalue weighted by atomic mass is 9.82. The molecule has 8 heteroatoms. The van der Waals surface area contributed by atoms with Crippen molar-refractivity contribution in [3.8, 4) is 5.75 Å². The van der Waals surface area contributed by atoms with Gasteiger partial charge in [0, 0.05) is 5.56 Å². The Morgan fingerprint density at radius 1 is 1.21 bits per heavy atom. The van der Waals surface area contributed by atoms with Crippen molar-refractivity contribution in [1.82, 2.24) is 10.3 Å². The van der Waals surface area contributed by atoms with E-state index in [4.69, 9.17) is 0 Å². The number of hydrazone groups is 1. The van der Waals surface area contributed by atoms with Crippen LogP contribution in [0.3, 0.4) is 0 Å². The summed E-state index contributed by atoms with van der Waals surface area (Å²) in [7, 11) is 0. The Morgan fingerprint density at radius 3 is 2.62 bits per heavy atom. The molecule has 3 amide bonds. The molecule has 6 nitrogen and oxygen atoms in total. The lowest BCUT2D eigenvalue weighted by Crippen LogP contribution is -2.48. The Morgan fingerprint density at radius 2 is 1.92 bits per heavy atom. The third-order valence-corrected chi connectivity index (χ3v) is 4.29. The van der Waals surface area contributed by atoms with Crippen LogP contribution in [0, 0.1) is 0 Å². The Hall–Kier alpha value is -2.51. The summed E-state index contributed by atoms with van der Waals surface area (Å²) >= 11 is 0. The van der Waals surface area contributed by atoms with Gasteiger partial charge in [0.25, 0.3) is 5.91 Å². The molecule has 2 aliphatic rings. The summed E-state index contributed by atoms with van der Waals surface area (Å²) in [5.41, 5.74) is -0.617. The SMILES string of the molecule is O=C1NC2(CCCCC2)C(=O)N1N=Cc1ccccc1OC(F)F. The molecule has 2 fully saturated rings. The lowest BCUT2D eigenvalue weighted by Gasteiger charge is -2.29. The van der Waals surface area contributed by atoms with E-state index in [-0.39, 0.29) is 11.3 Å². The van der Waals surface area contributed by atoms with E-state index < -0.39 is 24.1 Å². The van der Waals surface area contributed by atoms with Crippen molar-refractivity contribution in [3.05, 3.63) is 29.8 Å². The summed E-state index contributed by atoms with van der Waals surface area (Å²) in [6.07, 6.45) is 5.14. The van der Waals surface area contributed by atoms with Crippen molar-refractivity contribution < 1.29 is 23.1 Å². The molecule has 0 radical (unpaired) electrons. The van der Waals surface area contributed by atoms with E-state index in [0.29, 0.717) is 12.8 Å². The highest BCUT2D eigenvalue weighted by Gasteiger charge is 2.51. The molecule has 1 heterocycles. The number of urea groups is 1. The normalized spacial score (nSPS) is 20.2. The van der Waals surface area contributed by atoms with E-state index in [1.54, 1.807) is 12.1 Å². The Balaban J connectivity index is 1.80. The van der Waals surface area contributed by atoms with Gasteiger partial charge in [-0.15, -0.1) is 5.01 Å². The van der Waals surface area contributed by atoms with Gasteiger partial charge in [-0.2, -0.15) is 13.9 Å². The minimum Gasteiger partial charge on any atom is -0.434 e. The minimum absolute atomic E-state index is 0.0734. The number of benzene rings is 1. The Bertz CT molecular complexity index is 672. The highest BCUT2D eigenvalue weighted by Crippen LogP contribution is 2.33. The third kappa shape index (κ3) is 3.08. The minimum atomic E-state index is -2.97. The first-order chi connectivity index (χ1) is 11.5. The highest BCUT2D eigenvalue weighted by atomic mass is 19.3. The molecule has 1 saturated heterocycles. The van der Waals surface area contributed by atoms with Crippen LogP contribution >= 0.6 is 0 Å². The third-order valence-electron chi connectivity index (χ3n) is 4.29. The maximum atomic E-state index is 12.6. The van der Waals surface area contributed by atoms with E-state index in [9.17, 15) is 18.4 Å². The van der Waals surface area contributed by atoms with E-state index in [1.807, 2.05) is 0 Å². The number of imide groups is 1. The maximum absolute atomic E-state index is 12.6. The van der Waals surface area contributed by atoms with Gasteiger partial charge in [0.1, 0.15) is 11.3 Å². The van der Waals surface area contributed by atoms with Crippen molar-refractivity contribution in [2.75, 3.05) is 0 Å². The molecule has 0 bridgehead atoms. The molecule has 1 spiro atoms. The average molecular weight is 337 g/mol. The number of hydrogen-bond donors (Lipinski definition) is 1. The number of nitrogens with one attached hydrogen (secondary N) is 1. The van der Waals surface area contributed by atoms with Gasteiger partial charge in [0.05, 0.1) is 6.21 Å². The number of carbonyl (C=O) groups is 2. The molecule has 0 atom stereocenters. The molecular formula is C16H17F2N3O3. The summed E-state index contributed by atoms with van der Waals surface area (Å²) in [5.74, 6) is -0.466. The monoisotopic (exact) mass is 337 g/mol. The standard InChI is InChI=1S/C16H17F2N3O3/c17-14(18)24-12-7-3-2-6-11(12)10-19-21-13(22)16(20-15(21)23)8-4-1-5-9-16/h2-3,6-7,10,14H,1,4-5,8-9H2,(H,20,23). The van der Waals surface area contributed by atoms with Crippen LogP contribution in [0.2, 0.25) is 0 Å². The number of halogens is 2. The molecular weight excluding hydrogens is 320 g/mol. The molecule has 0 unspecified atom stereocenters. The molecule has 1 aromatic rings. The maximum Gasteiger partial charge on any atom is 0.387 e. The number of ether oxygens (including phenoxy) is 1. The van der Waals surface area contributed by atoms with Gasteiger partial charge in [-0.3, -0.25) is 4.79 Å². The number of amides is 3. The molecule has 0 aromatic heterocycles. The second-order valence-electron chi connectivity index (χ2n) is 5.85. The number of alkyl halides is 2. The fourth-order valence-electron chi connectivity index (χ4n) is 3.12. The number of carbonyl (C=O) groups excluding carboxylic acids is 2. The first kappa shape index (κ1) is 16.4. The van der Waals surface area contributed by atoms with Gasteiger partial charge in [0.15, 0.2) is 0 Å². The molecule has 1 N–H and O–H groups in total. The first-order valence-electron chi connectivity index (χ1n) is 7.76. The van der Waals surface area contributed by atoms with Crippen LogP contribution in [-0.2, 0) is 4.79 Å². The lowest BCUT2D eigenvalue weighted by molar-refractivity contribution is -0.132. The summed E-state index contributed by atoms with van der Waals surface area (Å²) in [5, 5.41) is 7.39. The molecule has 24 heavy (non-hydrogen) atoms. The van der Waals surface area contributed by atoms with E-state index >= 15 is 0 Å².